The van der Waals surface area contributed by atoms with Crippen LogP contribution in [0.5, 0.6) is 5.75 Å². The third-order valence-corrected chi connectivity index (χ3v) is 7.30. The molecule has 3 aromatic carbocycles. The van der Waals surface area contributed by atoms with E-state index in [0.717, 1.165) is 35.6 Å². The van der Waals surface area contributed by atoms with Crippen molar-refractivity contribution >= 4 is 16.9 Å². The molecule has 1 saturated heterocycles. The lowest BCUT2D eigenvalue weighted by Gasteiger charge is -2.25. The van der Waals surface area contributed by atoms with Gasteiger partial charge in [-0.05, 0) is 54.7 Å². The Labute approximate surface area is 213 Å². The molecule has 2 atom stereocenters. The van der Waals surface area contributed by atoms with E-state index >= 15 is 0 Å². The molecule has 2 unspecified atom stereocenters. The van der Waals surface area contributed by atoms with E-state index in [2.05, 4.69) is 79.9 Å². The lowest BCUT2D eigenvalue weighted by Crippen LogP contribution is -2.28. The predicted octanol–water partition coefficient (Wildman–Crippen LogP) is 6.71. The Morgan fingerprint density at radius 1 is 0.917 bits per heavy atom. The van der Waals surface area contributed by atoms with Crippen molar-refractivity contribution in [3.8, 4) is 5.75 Å². The lowest BCUT2D eigenvalue weighted by molar-refractivity contribution is -0.129. The normalized spacial score (nSPS) is 16.7. The average Bonchev–Trinajstić information content (AvgIpc) is 3.47. The maximum absolute atomic E-state index is 13.1. The molecule has 4 aromatic rings. The van der Waals surface area contributed by atoms with Gasteiger partial charge < -0.3 is 14.2 Å². The number of carbonyl (C=O) groups excluding carboxylic acids is 1. The molecule has 0 spiro atoms. The molecule has 0 aliphatic carbocycles. The van der Waals surface area contributed by atoms with E-state index in [1.165, 1.54) is 11.1 Å². The molecule has 36 heavy (non-hydrogen) atoms. The van der Waals surface area contributed by atoms with E-state index in [1.54, 1.807) is 0 Å². The molecule has 5 rings (SSSR count). The maximum Gasteiger partial charge on any atom is 0.223 e. The Hall–Kier alpha value is -3.60. The average molecular weight is 482 g/mol. The quantitative estimate of drug-likeness (QED) is 0.250. The molecule has 0 radical (unpaired) electrons. The number of nitrogens with zero attached hydrogens (tertiary/aromatic N) is 3. The number of aromatic nitrogens is 2. The van der Waals surface area contributed by atoms with Crippen molar-refractivity contribution in [2.24, 2.45) is 0 Å². The van der Waals surface area contributed by atoms with Crippen LogP contribution in [0.15, 0.2) is 78.9 Å². The van der Waals surface area contributed by atoms with Crippen LogP contribution >= 0.6 is 0 Å². The minimum absolute atomic E-state index is 0.0528. The second-order valence-electron chi connectivity index (χ2n) is 10.1. The molecule has 0 bridgehead atoms. The highest BCUT2D eigenvalue weighted by atomic mass is 16.5. The van der Waals surface area contributed by atoms with Gasteiger partial charge in [-0.15, -0.1) is 0 Å². The van der Waals surface area contributed by atoms with Crippen LogP contribution in [0, 0.1) is 0 Å². The SMILES string of the molecule is CC(C)c1ccc(OCCCn2c(C3CC(=O)N(C(C)c4ccccc4)C3)nc3ccccc32)cc1. The van der Waals surface area contributed by atoms with E-state index in [1.807, 2.05) is 29.2 Å². The minimum Gasteiger partial charge on any atom is -0.494 e. The molecule has 1 aliphatic rings. The highest BCUT2D eigenvalue weighted by molar-refractivity contribution is 5.81. The molecule has 1 aliphatic heterocycles. The summed E-state index contributed by atoms with van der Waals surface area (Å²) < 4.78 is 8.34. The first-order chi connectivity index (χ1) is 17.5. The second kappa shape index (κ2) is 10.6. The van der Waals surface area contributed by atoms with Crippen molar-refractivity contribution in [2.75, 3.05) is 13.2 Å². The van der Waals surface area contributed by atoms with Gasteiger partial charge in [0.2, 0.25) is 5.91 Å². The highest BCUT2D eigenvalue weighted by Crippen LogP contribution is 2.35. The Morgan fingerprint density at radius 3 is 2.39 bits per heavy atom. The first-order valence-electron chi connectivity index (χ1n) is 13.0. The number of hydrogen-bond acceptors (Lipinski definition) is 3. The number of likely N-dealkylation sites (tertiary alicyclic amines) is 1. The molecule has 5 nitrogen and oxygen atoms in total. The minimum atomic E-state index is 0.0528. The summed E-state index contributed by atoms with van der Waals surface area (Å²) in [5, 5.41) is 0. The summed E-state index contributed by atoms with van der Waals surface area (Å²) in [6.45, 7) is 8.64. The van der Waals surface area contributed by atoms with Gasteiger partial charge in [0.1, 0.15) is 11.6 Å². The van der Waals surface area contributed by atoms with Crippen molar-refractivity contribution in [1.29, 1.82) is 0 Å². The molecule has 186 valence electrons. The third-order valence-electron chi connectivity index (χ3n) is 7.30. The highest BCUT2D eigenvalue weighted by Gasteiger charge is 2.36. The molecule has 5 heteroatoms. The number of hydrogen-bond donors (Lipinski definition) is 0. The third kappa shape index (κ3) is 5.01. The van der Waals surface area contributed by atoms with Crippen LogP contribution in [0.3, 0.4) is 0 Å². The first kappa shape index (κ1) is 24.1. The van der Waals surface area contributed by atoms with E-state index in [0.29, 0.717) is 25.5 Å². The zero-order chi connectivity index (χ0) is 25.1. The number of ether oxygens (including phenoxy) is 1. The molecule has 1 fully saturated rings. The van der Waals surface area contributed by atoms with Crippen molar-refractivity contribution in [2.45, 2.75) is 58.0 Å². The Kier molecular flexibility index (Phi) is 7.08. The standard InChI is InChI=1S/C31H35N3O2/c1-22(2)24-14-16-27(17-15-24)36-19-9-18-33-29-13-8-7-12-28(29)32-31(33)26-20-30(35)34(21-26)23(3)25-10-5-4-6-11-25/h4-8,10-17,22-23,26H,9,18-21H2,1-3H3. The van der Waals surface area contributed by atoms with Gasteiger partial charge >= 0.3 is 0 Å². The van der Waals surface area contributed by atoms with Crippen molar-refractivity contribution in [1.82, 2.24) is 14.5 Å². The number of benzene rings is 3. The Balaban J connectivity index is 1.29. The fourth-order valence-electron chi connectivity index (χ4n) is 5.19. The summed E-state index contributed by atoms with van der Waals surface area (Å²) in [6, 6.07) is 27.0. The van der Waals surface area contributed by atoms with Gasteiger partial charge in [0.25, 0.3) is 0 Å². The summed E-state index contributed by atoms with van der Waals surface area (Å²) in [7, 11) is 0. The number of para-hydroxylation sites is 2. The van der Waals surface area contributed by atoms with E-state index < -0.39 is 0 Å². The second-order valence-corrected chi connectivity index (χ2v) is 10.1. The molecule has 1 aromatic heterocycles. The topological polar surface area (TPSA) is 47.4 Å². The molecule has 1 amide bonds. The molecular weight excluding hydrogens is 446 g/mol. The van der Waals surface area contributed by atoms with Crippen molar-refractivity contribution in [3.63, 3.8) is 0 Å². The first-order valence-corrected chi connectivity index (χ1v) is 13.0. The van der Waals surface area contributed by atoms with Gasteiger partial charge in [0, 0.05) is 25.4 Å². The summed E-state index contributed by atoms with van der Waals surface area (Å²) >= 11 is 0. The van der Waals surface area contributed by atoms with Gasteiger partial charge in [0.05, 0.1) is 23.7 Å². The smallest absolute Gasteiger partial charge is 0.223 e. The number of imidazole rings is 1. The number of amides is 1. The van der Waals surface area contributed by atoms with Gasteiger partial charge in [-0.3, -0.25) is 4.79 Å². The summed E-state index contributed by atoms with van der Waals surface area (Å²) in [6.07, 6.45) is 1.36. The summed E-state index contributed by atoms with van der Waals surface area (Å²) in [5.41, 5.74) is 4.59. The van der Waals surface area contributed by atoms with Crippen molar-refractivity contribution in [3.05, 3.63) is 95.8 Å². The van der Waals surface area contributed by atoms with Crippen molar-refractivity contribution < 1.29 is 9.53 Å². The maximum atomic E-state index is 13.1. The van der Waals surface area contributed by atoms with Crippen LogP contribution < -0.4 is 4.74 Å². The van der Waals surface area contributed by atoms with E-state index in [4.69, 9.17) is 9.72 Å². The van der Waals surface area contributed by atoms with Gasteiger partial charge in [-0.1, -0.05) is 68.4 Å². The predicted molar refractivity (Wildman–Crippen MR) is 144 cm³/mol. The fourth-order valence-corrected chi connectivity index (χ4v) is 5.19. The van der Waals surface area contributed by atoms with E-state index in [9.17, 15) is 4.79 Å². The van der Waals surface area contributed by atoms with Crippen LogP contribution in [0.1, 0.15) is 68.4 Å². The van der Waals surface area contributed by atoms with Crippen LogP contribution in [-0.4, -0.2) is 33.5 Å². The number of aryl methyl sites for hydroxylation is 1. The molecule has 0 N–H and O–H groups in total. The monoisotopic (exact) mass is 481 g/mol. The van der Waals surface area contributed by atoms with Crippen LogP contribution in [0.2, 0.25) is 0 Å². The number of rotatable bonds is 9. The van der Waals surface area contributed by atoms with Gasteiger partial charge in [0.15, 0.2) is 0 Å². The zero-order valence-corrected chi connectivity index (χ0v) is 21.4. The zero-order valence-electron chi connectivity index (χ0n) is 21.4. The Bertz CT molecular complexity index is 1310. The number of fused-ring (bicyclic) bond motifs is 1. The summed E-state index contributed by atoms with van der Waals surface area (Å²) in [4.78, 5) is 20.1. The molecular formula is C31H35N3O2. The Morgan fingerprint density at radius 2 is 1.64 bits per heavy atom. The number of carbonyl (C=O) groups is 1. The van der Waals surface area contributed by atoms with Gasteiger partial charge in [-0.2, -0.15) is 0 Å². The largest absolute Gasteiger partial charge is 0.494 e. The van der Waals surface area contributed by atoms with Crippen LogP contribution in [-0.2, 0) is 11.3 Å². The van der Waals surface area contributed by atoms with Crippen LogP contribution in [0.25, 0.3) is 11.0 Å². The summed E-state index contributed by atoms with van der Waals surface area (Å²) in [5.74, 6) is 2.71. The van der Waals surface area contributed by atoms with Gasteiger partial charge in [-0.25, -0.2) is 4.98 Å². The van der Waals surface area contributed by atoms with E-state index in [-0.39, 0.29) is 17.9 Å². The van der Waals surface area contributed by atoms with Crippen LogP contribution in [0.4, 0.5) is 0 Å². The fraction of sp³-hybridized carbons (Fsp3) is 0.355. The lowest BCUT2D eigenvalue weighted by atomic mass is 10.0. The molecule has 2 heterocycles. The molecule has 0 saturated carbocycles.